The van der Waals surface area contributed by atoms with Crippen molar-refractivity contribution in [3.63, 3.8) is 0 Å². The van der Waals surface area contributed by atoms with Crippen LogP contribution in [0.25, 0.3) is 0 Å². The number of ether oxygens (including phenoxy) is 1. The van der Waals surface area contributed by atoms with Crippen LogP contribution in [0.1, 0.15) is 97.8 Å². The standard InChI is InChI=1S/C31H40N2O2/c1-3-4-5-26-15-25-16-27(35-2)10-11-28(25)29(32-26)23-6-8-24(9-7-23)30(34)33-31-17-20-12-21(18-31)14-22(13-20)19-31/h6-11,16,20-22,26,29,32H,3-5,12-15,17-19H2,1-2H3,(H,33,34)/t20?,21?,22?,26-,29-,31?/m0/s1. The molecule has 0 aromatic heterocycles. The molecule has 4 heteroatoms. The molecule has 2 atom stereocenters. The molecule has 7 rings (SSSR count). The van der Waals surface area contributed by atoms with E-state index in [0.717, 1.165) is 35.5 Å². The van der Waals surface area contributed by atoms with Crippen LogP contribution in [0.15, 0.2) is 42.5 Å². The summed E-state index contributed by atoms with van der Waals surface area (Å²) in [6, 6.07) is 15.4. The maximum atomic E-state index is 13.3. The van der Waals surface area contributed by atoms with E-state index in [9.17, 15) is 4.79 Å². The van der Waals surface area contributed by atoms with Crippen LogP contribution in [0.3, 0.4) is 0 Å². The fourth-order valence-electron chi connectivity index (χ4n) is 8.13. The van der Waals surface area contributed by atoms with Crippen molar-refractivity contribution in [3.8, 4) is 5.75 Å². The Morgan fingerprint density at radius 1 is 1.03 bits per heavy atom. The first-order chi connectivity index (χ1) is 17.0. The Morgan fingerprint density at radius 3 is 2.34 bits per heavy atom. The molecule has 2 aromatic carbocycles. The van der Waals surface area contributed by atoms with Crippen LogP contribution in [0.2, 0.25) is 0 Å². The lowest BCUT2D eigenvalue weighted by Gasteiger charge is -2.56. The van der Waals surface area contributed by atoms with E-state index >= 15 is 0 Å². The third kappa shape index (κ3) is 4.50. The van der Waals surface area contributed by atoms with E-state index in [1.807, 2.05) is 12.1 Å². The van der Waals surface area contributed by atoms with E-state index in [-0.39, 0.29) is 17.5 Å². The van der Waals surface area contributed by atoms with Gasteiger partial charge in [0.2, 0.25) is 0 Å². The quantitative estimate of drug-likeness (QED) is 0.505. The van der Waals surface area contributed by atoms with Gasteiger partial charge in [-0.05, 0) is 110 Å². The summed E-state index contributed by atoms with van der Waals surface area (Å²) in [5.74, 6) is 3.54. The topological polar surface area (TPSA) is 50.4 Å². The fraction of sp³-hybridized carbons (Fsp3) is 0.581. The number of rotatable bonds is 7. The second-order valence-electron chi connectivity index (χ2n) is 12.0. The van der Waals surface area contributed by atoms with E-state index < -0.39 is 0 Å². The minimum atomic E-state index is 0.0555. The van der Waals surface area contributed by atoms with E-state index in [4.69, 9.17) is 4.74 Å². The Bertz CT molecular complexity index is 1040. The zero-order valence-electron chi connectivity index (χ0n) is 21.3. The summed E-state index contributed by atoms with van der Waals surface area (Å²) in [5, 5.41) is 7.44. The Morgan fingerprint density at radius 2 is 1.71 bits per heavy atom. The molecule has 2 aromatic rings. The molecule has 4 nitrogen and oxygen atoms in total. The number of unbranched alkanes of at least 4 members (excludes halogenated alkanes) is 1. The average Bonchev–Trinajstić information content (AvgIpc) is 2.85. The van der Waals surface area contributed by atoms with Crippen molar-refractivity contribution in [3.05, 3.63) is 64.7 Å². The van der Waals surface area contributed by atoms with Crippen LogP contribution in [0.5, 0.6) is 5.75 Å². The third-order valence-electron chi connectivity index (χ3n) is 9.36. The molecule has 2 N–H and O–H groups in total. The Hall–Kier alpha value is -2.33. The average molecular weight is 473 g/mol. The molecule has 4 bridgehead atoms. The third-order valence-corrected chi connectivity index (χ3v) is 9.36. The first-order valence-corrected chi connectivity index (χ1v) is 13.9. The van der Waals surface area contributed by atoms with Gasteiger partial charge in [-0.2, -0.15) is 0 Å². The first-order valence-electron chi connectivity index (χ1n) is 13.9. The molecule has 4 aliphatic carbocycles. The molecule has 1 heterocycles. The number of fused-ring (bicyclic) bond motifs is 1. The largest absolute Gasteiger partial charge is 0.497 e. The molecule has 35 heavy (non-hydrogen) atoms. The minimum absolute atomic E-state index is 0.0555. The monoisotopic (exact) mass is 472 g/mol. The van der Waals surface area contributed by atoms with Gasteiger partial charge in [0.25, 0.3) is 5.91 Å². The molecule has 186 valence electrons. The first kappa shape index (κ1) is 23.1. The molecule has 5 aliphatic rings. The Kier molecular flexibility index (Phi) is 6.12. The lowest BCUT2D eigenvalue weighted by molar-refractivity contribution is -0.0167. The summed E-state index contributed by atoms with van der Waals surface area (Å²) in [5.41, 5.74) is 4.77. The summed E-state index contributed by atoms with van der Waals surface area (Å²) >= 11 is 0. The number of amides is 1. The molecule has 0 unspecified atom stereocenters. The highest BCUT2D eigenvalue weighted by molar-refractivity contribution is 5.94. The molecule has 0 saturated heterocycles. The molecule has 1 aliphatic heterocycles. The van der Waals surface area contributed by atoms with Crippen LogP contribution < -0.4 is 15.4 Å². The molecular formula is C31H40N2O2. The maximum Gasteiger partial charge on any atom is 0.251 e. The van der Waals surface area contributed by atoms with Gasteiger partial charge in [-0.3, -0.25) is 4.79 Å². The molecule has 1 amide bonds. The SMILES string of the molecule is CCCC[C@H]1Cc2cc(OC)ccc2[C@H](c2ccc(C(=O)NC34CC5CC(CC(C5)C3)C4)cc2)N1. The number of nitrogens with one attached hydrogen (secondary N) is 2. The summed E-state index contributed by atoms with van der Waals surface area (Å²) in [7, 11) is 1.74. The highest BCUT2D eigenvalue weighted by Crippen LogP contribution is 2.55. The molecular weight excluding hydrogens is 432 g/mol. The number of hydrogen-bond acceptors (Lipinski definition) is 3. The molecule has 4 fully saturated rings. The predicted octanol–water partition coefficient (Wildman–Crippen LogP) is 6.19. The number of carbonyl (C=O) groups excluding carboxylic acids is 1. The van der Waals surface area contributed by atoms with Gasteiger partial charge in [0, 0.05) is 17.1 Å². The molecule has 0 radical (unpaired) electrons. The Balaban J connectivity index is 1.20. The van der Waals surface area contributed by atoms with E-state index in [1.165, 1.54) is 74.5 Å². The Labute approximate surface area is 210 Å². The van der Waals surface area contributed by atoms with Crippen LogP contribution in [-0.2, 0) is 6.42 Å². The van der Waals surface area contributed by atoms with Crippen molar-refractivity contribution in [1.29, 1.82) is 0 Å². The highest BCUT2D eigenvalue weighted by Gasteiger charge is 2.51. The second kappa shape index (κ2) is 9.28. The summed E-state index contributed by atoms with van der Waals surface area (Å²) in [6.07, 6.45) is 12.4. The fourth-order valence-corrected chi connectivity index (χ4v) is 8.13. The van der Waals surface area contributed by atoms with Gasteiger partial charge in [-0.1, -0.05) is 38.0 Å². The van der Waals surface area contributed by atoms with Crippen molar-refractivity contribution >= 4 is 5.91 Å². The zero-order valence-corrected chi connectivity index (χ0v) is 21.3. The van der Waals surface area contributed by atoms with Crippen molar-refractivity contribution in [2.24, 2.45) is 17.8 Å². The van der Waals surface area contributed by atoms with Crippen LogP contribution in [0, 0.1) is 17.8 Å². The normalized spacial score (nSPS) is 32.8. The van der Waals surface area contributed by atoms with E-state index in [1.54, 1.807) is 7.11 Å². The van der Waals surface area contributed by atoms with Gasteiger partial charge in [0.15, 0.2) is 0 Å². The van der Waals surface area contributed by atoms with Gasteiger partial charge in [0.1, 0.15) is 5.75 Å². The van der Waals surface area contributed by atoms with Crippen LogP contribution in [0.4, 0.5) is 0 Å². The van der Waals surface area contributed by atoms with Gasteiger partial charge >= 0.3 is 0 Å². The van der Waals surface area contributed by atoms with E-state index in [0.29, 0.717) is 6.04 Å². The van der Waals surface area contributed by atoms with E-state index in [2.05, 4.69) is 47.9 Å². The second-order valence-corrected chi connectivity index (χ2v) is 12.0. The summed E-state index contributed by atoms with van der Waals surface area (Å²) < 4.78 is 5.51. The van der Waals surface area contributed by atoms with Gasteiger partial charge < -0.3 is 15.4 Å². The van der Waals surface area contributed by atoms with Gasteiger partial charge in [0.05, 0.1) is 13.2 Å². The zero-order chi connectivity index (χ0) is 24.0. The molecule has 0 spiro atoms. The predicted molar refractivity (Wildman–Crippen MR) is 140 cm³/mol. The van der Waals surface area contributed by atoms with Crippen molar-refractivity contribution in [2.75, 3.05) is 7.11 Å². The highest BCUT2D eigenvalue weighted by atomic mass is 16.5. The van der Waals surface area contributed by atoms with Gasteiger partial charge in [-0.15, -0.1) is 0 Å². The lowest BCUT2D eigenvalue weighted by atomic mass is 9.53. The summed E-state index contributed by atoms with van der Waals surface area (Å²) in [6.45, 7) is 2.25. The molecule has 4 saturated carbocycles. The van der Waals surface area contributed by atoms with Gasteiger partial charge in [-0.25, -0.2) is 0 Å². The number of carbonyl (C=O) groups is 1. The van der Waals surface area contributed by atoms with Crippen molar-refractivity contribution in [2.45, 2.75) is 88.8 Å². The van der Waals surface area contributed by atoms with Crippen LogP contribution in [-0.4, -0.2) is 24.6 Å². The number of methoxy groups -OCH3 is 1. The van der Waals surface area contributed by atoms with Crippen molar-refractivity contribution in [1.82, 2.24) is 10.6 Å². The lowest BCUT2D eigenvalue weighted by Crippen LogP contribution is -2.59. The van der Waals surface area contributed by atoms with Crippen molar-refractivity contribution < 1.29 is 9.53 Å². The van der Waals surface area contributed by atoms with Crippen LogP contribution >= 0.6 is 0 Å². The number of benzene rings is 2. The number of hydrogen-bond donors (Lipinski definition) is 2. The summed E-state index contributed by atoms with van der Waals surface area (Å²) in [4.78, 5) is 13.3. The minimum Gasteiger partial charge on any atom is -0.497 e. The maximum absolute atomic E-state index is 13.3. The smallest absolute Gasteiger partial charge is 0.251 e.